The van der Waals surface area contributed by atoms with E-state index in [1.807, 2.05) is 37.3 Å². The molecule has 0 saturated carbocycles. The van der Waals surface area contributed by atoms with E-state index in [0.717, 1.165) is 41.2 Å². The lowest BCUT2D eigenvalue weighted by atomic mass is 9.83. The highest BCUT2D eigenvalue weighted by atomic mass is 16.5. The highest BCUT2D eigenvalue weighted by Gasteiger charge is 2.35. The molecule has 1 atom stereocenters. The van der Waals surface area contributed by atoms with E-state index >= 15 is 0 Å². The van der Waals surface area contributed by atoms with E-state index in [-0.39, 0.29) is 5.88 Å². The van der Waals surface area contributed by atoms with Gasteiger partial charge in [0.2, 0.25) is 11.8 Å². The predicted molar refractivity (Wildman–Crippen MR) is 131 cm³/mol. The van der Waals surface area contributed by atoms with E-state index < -0.39 is 5.92 Å². The van der Waals surface area contributed by atoms with E-state index in [1.165, 1.54) is 0 Å². The van der Waals surface area contributed by atoms with E-state index in [1.54, 1.807) is 7.11 Å². The topological polar surface area (TPSA) is 109 Å². The molecule has 2 heterocycles. The number of benzene rings is 2. The van der Waals surface area contributed by atoms with Crippen molar-refractivity contribution in [2.45, 2.75) is 26.7 Å². The molecule has 2 aromatic carbocycles. The van der Waals surface area contributed by atoms with Gasteiger partial charge >= 0.3 is 0 Å². The van der Waals surface area contributed by atoms with Gasteiger partial charge < -0.3 is 24.8 Å². The first kappa shape index (κ1) is 23.1. The number of nitrogens with one attached hydrogen (secondary N) is 1. The van der Waals surface area contributed by atoms with Crippen LogP contribution in [0.15, 0.2) is 53.9 Å². The number of hydrogen-bond donors (Lipinski definition) is 2. The maximum atomic E-state index is 9.97. The SMILES string of the molecule is CCOc1ccc(-c2[nH]nc3c2[C@@H](c2ccc(N(CC)CC)cc2)C(C#N)=C(N)O3)cc1OC. The Morgan fingerprint density at radius 2 is 1.85 bits per heavy atom. The molecule has 0 bridgehead atoms. The Balaban J connectivity index is 1.83. The molecular weight excluding hydrogens is 430 g/mol. The number of methoxy groups -OCH3 is 1. The molecule has 3 N–H and O–H groups in total. The van der Waals surface area contributed by atoms with E-state index in [9.17, 15) is 5.26 Å². The number of fused-ring (bicyclic) bond motifs is 1. The number of ether oxygens (including phenoxy) is 3. The molecule has 0 amide bonds. The number of allylic oxidation sites excluding steroid dienone is 1. The van der Waals surface area contributed by atoms with Crippen molar-refractivity contribution in [2.24, 2.45) is 5.73 Å². The summed E-state index contributed by atoms with van der Waals surface area (Å²) in [6.07, 6.45) is 0. The van der Waals surface area contributed by atoms with Crippen molar-refractivity contribution in [3.05, 3.63) is 65.0 Å². The minimum Gasteiger partial charge on any atom is -0.493 e. The lowest BCUT2D eigenvalue weighted by Gasteiger charge is -2.25. The number of rotatable bonds is 8. The van der Waals surface area contributed by atoms with Gasteiger partial charge in [-0.2, -0.15) is 5.26 Å². The summed E-state index contributed by atoms with van der Waals surface area (Å²) in [7, 11) is 1.60. The maximum absolute atomic E-state index is 9.97. The van der Waals surface area contributed by atoms with Gasteiger partial charge in [0.05, 0.1) is 30.9 Å². The van der Waals surface area contributed by atoms with Gasteiger partial charge in [-0.25, -0.2) is 0 Å². The molecule has 1 aliphatic heterocycles. The van der Waals surface area contributed by atoms with Crippen LogP contribution in [-0.4, -0.2) is 37.0 Å². The van der Waals surface area contributed by atoms with Crippen molar-refractivity contribution in [3.63, 3.8) is 0 Å². The first-order valence-electron chi connectivity index (χ1n) is 11.4. The second-order valence-electron chi connectivity index (χ2n) is 7.80. The first-order valence-corrected chi connectivity index (χ1v) is 11.4. The highest BCUT2D eigenvalue weighted by Crippen LogP contribution is 2.46. The van der Waals surface area contributed by atoms with Crippen LogP contribution in [-0.2, 0) is 0 Å². The lowest BCUT2D eigenvalue weighted by Crippen LogP contribution is -2.22. The molecule has 8 nitrogen and oxygen atoms in total. The molecule has 34 heavy (non-hydrogen) atoms. The molecule has 8 heteroatoms. The van der Waals surface area contributed by atoms with E-state index in [0.29, 0.717) is 29.6 Å². The molecule has 0 spiro atoms. The Morgan fingerprint density at radius 1 is 1.12 bits per heavy atom. The summed E-state index contributed by atoms with van der Waals surface area (Å²) < 4.78 is 16.9. The number of nitriles is 1. The van der Waals surface area contributed by atoms with E-state index in [4.69, 9.17) is 19.9 Å². The van der Waals surface area contributed by atoms with Crippen LogP contribution in [0.3, 0.4) is 0 Å². The first-order chi connectivity index (χ1) is 16.6. The van der Waals surface area contributed by atoms with Crippen LogP contribution < -0.4 is 24.8 Å². The Kier molecular flexibility index (Phi) is 6.64. The van der Waals surface area contributed by atoms with Gasteiger partial charge in [0.25, 0.3) is 0 Å². The fourth-order valence-electron chi connectivity index (χ4n) is 4.36. The molecule has 176 valence electrons. The van der Waals surface area contributed by atoms with Crippen molar-refractivity contribution in [2.75, 3.05) is 31.7 Å². The van der Waals surface area contributed by atoms with Crippen LogP contribution >= 0.6 is 0 Å². The van der Waals surface area contributed by atoms with Crippen molar-refractivity contribution < 1.29 is 14.2 Å². The highest BCUT2D eigenvalue weighted by molar-refractivity contribution is 5.73. The number of H-pyrrole nitrogens is 1. The van der Waals surface area contributed by atoms with Gasteiger partial charge in [-0.15, -0.1) is 5.10 Å². The van der Waals surface area contributed by atoms with Gasteiger partial charge in [-0.05, 0) is 56.7 Å². The van der Waals surface area contributed by atoms with Gasteiger partial charge in [0, 0.05) is 24.3 Å². The zero-order valence-electron chi connectivity index (χ0n) is 19.9. The second-order valence-corrected chi connectivity index (χ2v) is 7.80. The van der Waals surface area contributed by atoms with Crippen LogP contribution in [0.1, 0.15) is 37.8 Å². The summed E-state index contributed by atoms with van der Waals surface area (Å²) in [5, 5.41) is 17.4. The molecular formula is C26H29N5O3. The number of nitrogens with zero attached hydrogens (tertiary/aromatic N) is 3. The summed E-state index contributed by atoms with van der Waals surface area (Å²) in [4.78, 5) is 2.27. The Labute approximate surface area is 199 Å². The smallest absolute Gasteiger partial charge is 0.244 e. The number of hydrogen-bond acceptors (Lipinski definition) is 7. The monoisotopic (exact) mass is 459 g/mol. The largest absolute Gasteiger partial charge is 0.493 e. The Hall–Kier alpha value is -4.12. The zero-order valence-corrected chi connectivity index (χ0v) is 19.9. The van der Waals surface area contributed by atoms with Crippen LogP contribution in [0.2, 0.25) is 0 Å². The predicted octanol–water partition coefficient (Wildman–Crippen LogP) is 4.55. The molecule has 0 saturated heterocycles. The number of aromatic amines is 1. The molecule has 0 unspecified atom stereocenters. The minimum atomic E-state index is -0.425. The summed E-state index contributed by atoms with van der Waals surface area (Å²) in [5.41, 5.74) is 10.9. The normalized spacial score (nSPS) is 14.7. The molecule has 1 aromatic heterocycles. The fraction of sp³-hybridized carbons (Fsp3) is 0.308. The van der Waals surface area contributed by atoms with Gasteiger partial charge in [-0.1, -0.05) is 12.1 Å². The van der Waals surface area contributed by atoms with Crippen molar-refractivity contribution in [3.8, 4) is 34.7 Å². The average molecular weight is 460 g/mol. The summed E-state index contributed by atoms with van der Waals surface area (Å²) >= 11 is 0. The van der Waals surface area contributed by atoms with Gasteiger partial charge in [0.15, 0.2) is 11.5 Å². The van der Waals surface area contributed by atoms with Gasteiger partial charge in [0.1, 0.15) is 11.6 Å². The number of anilines is 1. The fourth-order valence-corrected chi connectivity index (χ4v) is 4.36. The summed E-state index contributed by atoms with van der Waals surface area (Å²) in [6, 6.07) is 16.1. The van der Waals surface area contributed by atoms with Crippen LogP contribution in [0.4, 0.5) is 5.69 Å². The van der Waals surface area contributed by atoms with Crippen molar-refractivity contribution in [1.82, 2.24) is 10.2 Å². The third-order valence-corrected chi connectivity index (χ3v) is 6.05. The molecule has 3 aromatic rings. The Bertz CT molecular complexity index is 1240. The second kappa shape index (κ2) is 9.79. The number of aromatic nitrogens is 2. The van der Waals surface area contributed by atoms with Crippen LogP contribution in [0.5, 0.6) is 17.4 Å². The van der Waals surface area contributed by atoms with Gasteiger partial charge in [-0.3, -0.25) is 5.10 Å². The number of nitrogens with two attached hydrogens (primary N) is 1. The summed E-state index contributed by atoms with van der Waals surface area (Å²) in [5.74, 6) is 1.26. The van der Waals surface area contributed by atoms with Crippen LogP contribution in [0, 0.1) is 11.3 Å². The zero-order chi connectivity index (χ0) is 24.2. The molecule has 0 aliphatic carbocycles. The third-order valence-electron chi connectivity index (χ3n) is 6.05. The standard InChI is InChI=1S/C26H29N5O3/c1-5-31(6-2)18-11-8-16(9-12-18)22-19(15-27)25(28)34-26-23(22)24(29-30-26)17-10-13-20(33-7-3)21(14-17)32-4/h8-14,22H,5-7,28H2,1-4H3,(H,29,30)/t22-/m0/s1. The molecule has 0 radical (unpaired) electrons. The quantitative estimate of drug-likeness (QED) is 0.509. The molecule has 1 aliphatic rings. The van der Waals surface area contributed by atoms with Crippen molar-refractivity contribution >= 4 is 5.69 Å². The van der Waals surface area contributed by atoms with E-state index in [2.05, 4.69) is 47.1 Å². The molecule has 4 rings (SSSR count). The minimum absolute atomic E-state index is 0.0649. The maximum Gasteiger partial charge on any atom is 0.244 e. The Morgan fingerprint density at radius 3 is 2.47 bits per heavy atom. The average Bonchev–Trinajstić information content (AvgIpc) is 3.28. The van der Waals surface area contributed by atoms with Crippen LogP contribution in [0.25, 0.3) is 11.3 Å². The summed E-state index contributed by atoms with van der Waals surface area (Å²) in [6.45, 7) is 8.54. The lowest BCUT2D eigenvalue weighted by molar-refractivity contribution is 0.311. The van der Waals surface area contributed by atoms with Crippen molar-refractivity contribution in [1.29, 1.82) is 5.26 Å². The third kappa shape index (κ3) is 4.01. The molecule has 0 fully saturated rings.